The van der Waals surface area contributed by atoms with E-state index in [0.717, 1.165) is 48.7 Å². The average Bonchev–Trinajstić information content (AvgIpc) is 3.54. The molecule has 1 amide bonds. The monoisotopic (exact) mass is 454 g/mol. The highest BCUT2D eigenvalue weighted by Gasteiger charge is 2.73. The van der Waals surface area contributed by atoms with Crippen LogP contribution in [0.3, 0.4) is 0 Å². The molecule has 2 heterocycles. The molecule has 1 aromatic carbocycles. The van der Waals surface area contributed by atoms with Gasteiger partial charge in [-0.05, 0) is 62.6 Å². The molecule has 1 spiro atoms. The number of aliphatic hydroxyl groups is 1. The Balaban J connectivity index is 1.38. The van der Waals surface area contributed by atoms with Gasteiger partial charge in [0.1, 0.15) is 6.10 Å². The van der Waals surface area contributed by atoms with E-state index in [1.165, 1.54) is 20.0 Å². The Kier molecular flexibility index (Phi) is 4.58. The Morgan fingerprint density at radius 1 is 1.27 bits per heavy atom. The van der Waals surface area contributed by atoms with Gasteiger partial charge in [-0.25, -0.2) is 4.79 Å². The van der Waals surface area contributed by atoms with Crippen molar-refractivity contribution in [3.8, 4) is 11.5 Å². The highest BCUT2D eigenvalue weighted by atomic mass is 16.5. The molecule has 2 bridgehead atoms. The lowest BCUT2D eigenvalue weighted by atomic mass is 9.48. The minimum Gasteiger partial charge on any atom is -0.504 e. The smallest absolute Gasteiger partial charge is 0.330 e. The number of amides is 1. The molecule has 3 fully saturated rings. The number of rotatable bonds is 5. The van der Waals surface area contributed by atoms with Crippen LogP contribution in [-0.4, -0.2) is 71.0 Å². The Labute approximate surface area is 192 Å². The van der Waals surface area contributed by atoms with Crippen molar-refractivity contribution in [1.29, 1.82) is 0 Å². The first-order chi connectivity index (χ1) is 15.9. The van der Waals surface area contributed by atoms with E-state index in [1.807, 2.05) is 6.07 Å². The summed E-state index contributed by atoms with van der Waals surface area (Å²) in [7, 11) is 1.26. The molecule has 0 radical (unpaired) electrons. The van der Waals surface area contributed by atoms with Gasteiger partial charge in [-0.2, -0.15) is 0 Å². The van der Waals surface area contributed by atoms with Gasteiger partial charge in [0.25, 0.3) is 0 Å². The molecule has 3 aliphatic carbocycles. The van der Waals surface area contributed by atoms with Gasteiger partial charge in [0.2, 0.25) is 5.91 Å². The van der Waals surface area contributed by atoms with Crippen LogP contribution < -0.4 is 10.1 Å². The minimum atomic E-state index is -0.986. The number of nitrogens with zero attached hydrogens (tertiary/aromatic N) is 1. The van der Waals surface area contributed by atoms with E-state index in [0.29, 0.717) is 25.0 Å². The maximum atomic E-state index is 12.6. The summed E-state index contributed by atoms with van der Waals surface area (Å²) >= 11 is 0. The zero-order chi connectivity index (χ0) is 23.0. The maximum absolute atomic E-state index is 12.6. The van der Waals surface area contributed by atoms with E-state index < -0.39 is 29.0 Å². The fourth-order valence-electron chi connectivity index (χ4n) is 7.07. The Hall–Kier alpha value is -2.58. The number of likely N-dealkylation sites (tertiary alicyclic amines) is 1. The second kappa shape index (κ2) is 7.21. The van der Waals surface area contributed by atoms with Gasteiger partial charge in [-0.1, -0.05) is 6.07 Å². The molecular weight excluding hydrogens is 424 g/mol. The van der Waals surface area contributed by atoms with Crippen molar-refractivity contribution >= 4 is 11.9 Å². The zero-order valence-electron chi connectivity index (χ0n) is 18.8. The molecular formula is C25H30N2O6. The van der Waals surface area contributed by atoms with E-state index in [2.05, 4.69) is 15.0 Å². The normalized spacial score (nSPS) is 36.2. The van der Waals surface area contributed by atoms with Crippen LogP contribution in [0, 0.1) is 5.92 Å². The van der Waals surface area contributed by atoms with E-state index in [9.17, 15) is 19.8 Å². The third kappa shape index (κ3) is 2.89. The van der Waals surface area contributed by atoms with Crippen LogP contribution in [-0.2, 0) is 26.2 Å². The molecule has 33 heavy (non-hydrogen) atoms. The number of aromatic hydroxyl groups is 1. The molecule has 0 aromatic heterocycles. The predicted molar refractivity (Wildman–Crippen MR) is 118 cm³/mol. The number of piperidine rings is 1. The molecule has 1 aromatic rings. The van der Waals surface area contributed by atoms with Crippen LogP contribution >= 0.6 is 0 Å². The number of carbonyl (C=O) groups is 2. The summed E-state index contributed by atoms with van der Waals surface area (Å²) < 4.78 is 11.0. The largest absolute Gasteiger partial charge is 0.504 e. The molecule has 8 nitrogen and oxygen atoms in total. The van der Waals surface area contributed by atoms with Crippen molar-refractivity contribution in [3.05, 3.63) is 35.4 Å². The fourth-order valence-corrected chi connectivity index (χ4v) is 7.07. The second-order valence-corrected chi connectivity index (χ2v) is 10.3. The van der Waals surface area contributed by atoms with Gasteiger partial charge in [-0.3, -0.25) is 9.69 Å². The maximum Gasteiger partial charge on any atom is 0.330 e. The number of phenolic OH excluding ortho intramolecular Hbond substituents is 1. The number of esters is 1. The molecule has 8 heteroatoms. The number of benzene rings is 1. The van der Waals surface area contributed by atoms with Gasteiger partial charge in [0, 0.05) is 30.3 Å². The standard InChI is InChI=1S/C25H30N2O6/c1-32-20(30)7-6-19(29)26-16-8-9-25(31)18-12-15-4-5-17(28)22-21(15)24(25,23(16)33-22)10-11-27(18)13-14-2-3-14/h4-7,14,16,18,23,28,31H,2-3,8-13H2,1H3,(H,26,29)/b7-6-/t16-,18?,23+,24?,25?/m1/s1. The number of phenols is 1. The predicted octanol–water partition coefficient (Wildman–Crippen LogP) is 1.17. The van der Waals surface area contributed by atoms with E-state index in [1.54, 1.807) is 6.07 Å². The fraction of sp³-hybridized carbons (Fsp3) is 0.600. The van der Waals surface area contributed by atoms with E-state index >= 15 is 0 Å². The summed E-state index contributed by atoms with van der Waals surface area (Å²) in [6.07, 6.45) is 6.84. The van der Waals surface area contributed by atoms with Gasteiger partial charge in [0.15, 0.2) is 11.5 Å². The van der Waals surface area contributed by atoms with Crippen LogP contribution in [0.5, 0.6) is 11.5 Å². The summed E-state index contributed by atoms with van der Waals surface area (Å²) in [6, 6.07) is 3.29. The Bertz CT molecular complexity index is 1050. The minimum absolute atomic E-state index is 0.00295. The van der Waals surface area contributed by atoms with Crippen LogP contribution in [0.1, 0.15) is 43.2 Å². The average molecular weight is 455 g/mol. The molecule has 176 valence electrons. The molecule has 6 rings (SSSR count). The van der Waals surface area contributed by atoms with Crippen molar-refractivity contribution in [2.75, 3.05) is 20.2 Å². The zero-order valence-corrected chi connectivity index (χ0v) is 18.8. The van der Waals surface area contributed by atoms with Crippen LogP contribution in [0.15, 0.2) is 24.3 Å². The molecule has 1 saturated heterocycles. The van der Waals surface area contributed by atoms with E-state index in [-0.39, 0.29) is 17.8 Å². The van der Waals surface area contributed by atoms with Crippen molar-refractivity contribution in [1.82, 2.24) is 10.2 Å². The Morgan fingerprint density at radius 3 is 2.85 bits per heavy atom. The van der Waals surface area contributed by atoms with Gasteiger partial charge < -0.3 is 25.0 Å². The lowest BCUT2D eigenvalue weighted by Crippen LogP contribution is -2.78. The number of nitrogens with one attached hydrogen (secondary N) is 1. The summed E-state index contributed by atoms with van der Waals surface area (Å²) in [5, 5.41) is 26.0. The molecule has 2 saturated carbocycles. The molecule has 2 aliphatic heterocycles. The SMILES string of the molecule is COC(=O)/C=C\C(=O)N[C@@H]1CCC2(O)C3Cc4ccc(O)c5c4C2(CCN3CC2CC2)[C@H]1O5. The molecule has 5 atom stereocenters. The van der Waals surface area contributed by atoms with Crippen molar-refractivity contribution in [3.63, 3.8) is 0 Å². The third-order valence-corrected chi connectivity index (χ3v) is 8.66. The summed E-state index contributed by atoms with van der Waals surface area (Å²) in [5.41, 5.74) is 0.390. The first-order valence-corrected chi connectivity index (χ1v) is 11.9. The number of hydrogen-bond acceptors (Lipinski definition) is 7. The second-order valence-electron chi connectivity index (χ2n) is 10.3. The highest BCUT2D eigenvalue weighted by molar-refractivity contribution is 5.94. The lowest BCUT2D eigenvalue weighted by Gasteiger charge is -2.64. The molecule has 3 unspecified atom stereocenters. The van der Waals surface area contributed by atoms with Gasteiger partial charge in [-0.15, -0.1) is 0 Å². The van der Waals surface area contributed by atoms with Crippen molar-refractivity contribution < 1.29 is 29.3 Å². The molecule has 5 aliphatic rings. The lowest BCUT2D eigenvalue weighted by molar-refractivity contribution is -0.192. The first kappa shape index (κ1) is 21.0. The summed E-state index contributed by atoms with van der Waals surface area (Å²) in [6.45, 7) is 1.88. The number of methoxy groups -OCH3 is 1. The summed E-state index contributed by atoms with van der Waals surface area (Å²) in [4.78, 5) is 26.4. The highest BCUT2D eigenvalue weighted by Crippen LogP contribution is 2.65. The van der Waals surface area contributed by atoms with Crippen LogP contribution in [0.4, 0.5) is 0 Å². The molecule has 3 N–H and O–H groups in total. The van der Waals surface area contributed by atoms with Gasteiger partial charge >= 0.3 is 5.97 Å². The third-order valence-electron chi connectivity index (χ3n) is 8.66. The Morgan fingerprint density at radius 2 is 2.09 bits per heavy atom. The van der Waals surface area contributed by atoms with Crippen molar-refractivity contribution in [2.24, 2.45) is 5.92 Å². The quantitative estimate of drug-likeness (QED) is 0.453. The van der Waals surface area contributed by atoms with Crippen LogP contribution in [0.2, 0.25) is 0 Å². The van der Waals surface area contributed by atoms with Crippen molar-refractivity contribution in [2.45, 2.75) is 67.7 Å². The number of carbonyl (C=O) groups excluding carboxylic acids is 2. The van der Waals surface area contributed by atoms with Gasteiger partial charge in [0.05, 0.1) is 24.2 Å². The topological polar surface area (TPSA) is 108 Å². The number of hydrogen-bond donors (Lipinski definition) is 3. The summed E-state index contributed by atoms with van der Waals surface area (Å²) in [5.74, 6) is 0.256. The number of ether oxygens (including phenoxy) is 2. The van der Waals surface area contributed by atoms with Crippen LogP contribution in [0.25, 0.3) is 0 Å². The first-order valence-electron chi connectivity index (χ1n) is 11.9. The van der Waals surface area contributed by atoms with E-state index in [4.69, 9.17) is 4.74 Å².